The molecular formula is C70H85BN2SSi. The molecule has 7 aromatic rings. The molecule has 3 heterocycles. The number of aryl methyl sites for hydroxylation is 1. The van der Waals surface area contributed by atoms with Crippen LogP contribution in [0.5, 0.6) is 0 Å². The Morgan fingerprint density at radius 3 is 1.48 bits per heavy atom. The van der Waals surface area contributed by atoms with E-state index in [1.165, 1.54) is 148 Å². The number of hydrogen-bond donors (Lipinski definition) is 0. The van der Waals surface area contributed by atoms with E-state index < -0.39 is 8.07 Å². The number of nitrogens with zero attached hydrogens (tertiary/aromatic N) is 2. The van der Waals surface area contributed by atoms with E-state index in [1.54, 1.807) is 11.1 Å². The number of hydrogen-bond acceptors (Lipinski definition) is 3. The summed E-state index contributed by atoms with van der Waals surface area (Å²) in [6, 6.07) is 40.4. The van der Waals surface area contributed by atoms with Crippen molar-refractivity contribution in [2.45, 2.75) is 207 Å². The minimum atomic E-state index is -1.97. The maximum Gasteiger partial charge on any atom is 0.254 e. The topological polar surface area (TPSA) is 6.48 Å². The van der Waals surface area contributed by atoms with E-state index >= 15 is 0 Å². The summed E-state index contributed by atoms with van der Waals surface area (Å²) in [5.41, 5.74) is 25.9. The largest absolute Gasteiger partial charge is 0.311 e. The van der Waals surface area contributed by atoms with E-state index in [2.05, 4.69) is 249 Å². The summed E-state index contributed by atoms with van der Waals surface area (Å²) < 4.78 is 1.42. The Hall–Kier alpha value is -4.84. The predicted molar refractivity (Wildman–Crippen MR) is 334 cm³/mol. The number of thiophene rings is 1. The van der Waals surface area contributed by atoms with Gasteiger partial charge in [-0.3, -0.25) is 0 Å². The van der Waals surface area contributed by atoms with Crippen LogP contribution in [-0.4, -0.2) is 14.8 Å². The monoisotopic (exact) mass is 1020 g/mol. The second-order valence-electron chi connectivity index (χ2n) is 30.3. The Morgan fingerprint density at radius 1 is 0.480 bits per heavy atom. The molecule has 0 N–H and O–H groups in total. The molecule has 0 amide bonds. The lowest BCUT2D eigenvalue weighted by atomic mass is 9.33. The molecular weight excluding hydrogens is 940 g/mol. The van der Waals surface area contributed by atoms with Gasteiger partial charge in [0, 0.05) is 33.0 Å². The van der Waals surface area contributed by atoms with E-state index in [0.29, 0.717) is 0 Å². The summed E-state index contributed by atoms with van der Waals surface area (Å²) in [5.74, 6) is 0. The molecule has 0 radical (unpaired) electrons. The van der Waals surface area contributed by atoms with Crippen LogP contribution < -0.4 is 31.4 Å². The predicted octanol–water partition coefficient (Wildman–Crippen LogP) is 17.8. The first-order chi connectivity index (χ1) is 34.8. The number of rotatable bonds is 4. The average molecular weight is 1030 g/mol. The normalized spacial score (nSPS) is 20.2. The van der Waals surface area contributed by atoms with Gasteiger partial charge in [0.15, 0.2) is 0 Å². The lowest BCUT2D eigenvalue weighted by molar-refractivity contribution is 0.332. The van der Waals surface area contributed by atoms with Gasteiger partial charge in [-0.05, 0) is 204 Å². The maximum atomic E-state index is 2.84. The van der Waals surface area contributed by atoms with Crippen molar-refractivity contribution in [3.05, 3.63) is 142 Å². The first-order valence-electron chi connectivity index (χ1n) is 28.8. The van der Waals surface area contributed by atoms with E-state index in [0.717, 1.165) is 0 Å². The van der Waals surface area contributed by atoms with Crippen LogP contribution in [0.4, 0.5) is 33.4 Å². The Morgan fingerprint density at radius 2 is 0.960 bits per heavy atom. The quantitative estimate of drug-likeness (QED) is 0.162. The fraction of sp³-hybridized carbons (Fsp3) is 0.457. The smallest absolute Gasteiger partial charge is 0.254 e. The molecule has 0 saturated heterocycles. The molecule has 0 spiro atoms. The zero-order chi connectivity index (χ0) is 53.7. The standard InChI is InChI=1S/C70H85BN2SSi/c1-42-33-44(64(2,3)4)25-26-55(42)73-59-35-45(75(17,18)19)34-58-62(59)71(61-47-37-49-53(41-60(47)74-63(61)73)70(15,16)32-28-66(49,7)8)54-38-50-52(69(13,14)31-29-67(50,9)10)40-57(54)72(58)56-39-51-48(65(5,6)27-30-68(51,11)12)36-46(56)43-23-21-20-22-24-43/h20-26,33-41H,27-32H2,1-19H3. The minimum absolute atomic E-state index is 0.0248. The van der Waals surface area contributed by atoms with E-state index in [-0.39, 0.29) is 44.6 Å². The lowest BCUT2D eigenvalue weighted by Gasteiger charge is -2.48. The first-order valence-corrected chi connectivity index (χ1v) is 33.1. The van der Waals surface area contributed by atoms with E-state index in [9.17, 15) is 0 Å². The van der Waals surface area contributed by atoms with Crippen molar-refractivity contribution < 1.29 is 0 Å². The van der Waals surface area contributed by atoms with Gasteiger partial charge >= 0.3 is 0 Å². The van der Waals surface area contributed by atoms with Gasteiger partial charge in [-0.2, -0.15) is 0 Å². The van der Waals surface area contributed by atoms with E-state index in [1.807, 2.05) is 0 Å². The van der Waals surface area contributed by atoms with Gasteiger partial charge in [0.2, 0.25) is 0 Å². The van der Waals surface area contributed by atoms with Gasteiger partial charge in [0.05, 0.1) is 18.8 Å². The third-order valence-corrected chi connectivity index (χ3v) is 23.3. The lowest BCUT2D eigenvalue weighted by Crippen LogP contribution is -2.62. The molecule has 0 saturated carbocycles. The van der Waals surface area contributed by atoms with Gasteiger partial charge in [-0.25, -0.2) is 0 Å². The summed E-state index contributed by atoms with van der Waals surface area (Å²) in [7, 11) is -1.97. The molecule has 2 nitrogen and oxygen atoms in total. The molecule has 5 aliphatic rings. The summed E-state index contributed by atoms with van der Waals surface area (Å²) in [4.78, 5) is 5.62. The Bertz CT molecular complexity index is 3550. The number of fused-ring (bicyclic) bond motifs is 9. The highest BCUT2D eigenvalue weighted by Crippen LogP contribution is 2.57. The Kier molecular flexibility index (Phi) is 11.0. The molecule has 0 unspecified atom stereocenters. The van der Waals surface area contributed by atoms with Crippen molar-refractivity contribution in [3.8, 4) is 11.1 Å². The third kappa shape index (κ3) is 7.71. The van der Waals surface area contributed by atoms with Crippen molar-refractivity contribution in [2.75, 3.05) is 9.80 Å². The molecule has 75 heavy (non-hydrogen) atoms. The van der Waals surface area contributed by atoms with Crippen LogP contribution in [0.25, 0.3) is 21.2 Å². The van der Waals surface area contributed by atoms with Gasteiger partial charge in [0.1, 0.15) is 0 Å². The third-order valence-electron chi connectivity index (χ3n) is 20.1. The van der Waals surface area contributed by atoms with Crippen molar-refractivity contribution in [1.82, 2.24) is 0 Å². The maximum absolute atomic E-state index is 2.84. The number of anilines is 6. The summed E-state index contributed by atoms with van der Waals surface area (Å²) in [6.07, 6.45) is 7.09. The second kappa shape index (κ2) is 16.1. The summed E-state index contributed by atoms with van der Waals surface area (Å²) in [5, 5.41) is 4.34. The van der Waals surface area contributed by atoms with Crippen molar-refractivity contribution >= 4 is 91.2 Å². The highest BCUT2D eigenvalue weighted by Gasteiger charge is 2.50. The molecule has 0 bridgehead atoms. The van der Waals surface area contributed by atoms with Crippen LogP contribution in [0, 0.1) is 6.92 Å². The summed E-state index contributed by atoms with van der Waals surface area (Å²) in [6.45, 7) is 47.3. The molecule has 0 atom stereocenters. The molecule has 5 heteroatoms. The van der Waals surface area contributed by atoms with E-state index in [4.69, 9.17) is 0 Å². The fourth-order valence-corrected chi connectivity index (χ4v) is 17.0. The van der Waals surface area contributed by atoms with Crippen LogP contribution in [0.15, 0.2) is 97.1 Å². The average Bonchev–Trinajstić information content (AvgIpc) is 3.70. The van der Waals surface area contributed by atoms with Crippen LogP contribution in [-0.2, 0) is 37.9 Å². The van der Waals surface area contributed by atoms with Gasteiger partial charge in [-0.15, -0.1) is 11.3 Å². The molecule has 3 aliphatic carbocycles. The van der Waals surface area contributed by atoms with Crippen molar-refractivity contribution in [3.63, 3.8) is 0 Å². The van der Waals surface area contributed by atoms with Crippen LogP contribution in [0.2, 0.25) is 19.6 Å². The van der Waals surface area contributed by atoms with Crippen LogP contribution in [0.3, 0.4) is 0 Å². The molecule has 12 rings (SSSR count). The van der Waals surface area contributed by atoms with Crippen molar-refractivity contribution in [2.24, 2.45) is 0 Å². The zero-order valence-electron chi connectivity index (χ0n) is 49.4. The van der Waals surface area contributed by atoms with Crippen LogP contribution in [0.1, 0.15) is 187 Å². The molecule has 2 aliphatic heterocycles. The highest BCUT2D eigenvalue weighted by molar-refractivity contribution is 7.26. The van der Waals surface area contributed by atoms with Crippen molar-refractivity contribution in [1.29, 1.82) is 0 Å². The zero-order valence-corrected chi connectivity index (χ0v) is 51.2. The Labute approximate surface area is 457 Å². The SMILES string of the molecule is Cc1cc(C(C)(C)C)ccc1N1c2cc([Si](C)(C)C)cc3c2B(c2cc4c(cc2N3c2cc3c(cc2-c2ccccc2)C(C)(C)CCC3(C)C)C(C)(C)CCC4(C)C)c2c1sc1cc3c(cc21)C(C)(C)CCC3(C)C. The summed E-state index contributed by atoms with van der Waals surface area (Å²) >= 11 is 2.06. The number of benzene rings is 6. The van der Waals surface area contributed by atoms with Gasteiger partial charge < -0.3 is 9.80 Å². The minimum Gasteiger partial charge on any atom is -0.311 e. The molecule has 388 valence electrons. The second-order valence-corrected chi connectivity index (χ2v) is 36.4. The van der Waals surface area contributed by atoms with Gasteiger partial charge in [-0.1, -0.05) is 177 Å². The Balaban J connectivity index is 1.29. The first kappa shape index (κ1) is 50.9. The highest BCUT2D eigenvalue weighted by atomic mass is 32.1. The molecule has 1 aromatic heterocycles. The fourth-order valence-electron chi connectivity index (χ4n) is 14.6. The molecule has 0 fully saturated rings. The van der Waals surface area contributed by atoms with Gasteiger partial charge in [0.25, 0.3) is 6.71 Å². The molecule has 6 aromatic carbocycles. The van der Waals surface area contributed by atoms with Crippen LogP contribution >= 0.6 is 11.3 Å².